The van der Waals surface area contributed by atoms with Crippen LogP contribution in [0.2, 0.25) is 0 Å². The van der Waals surface area contributed by atoms with E-state index >= 15 is 0 Å². The van der Waals surface area contributed by atoms with Crippen molar-refractivity contribution >= 4 is 17.7 Å². The summed E-state index contributed by atoms with van der Waals surface area (Å²) in [6, 6.07) is 16.1. The smallest absolute Gasteiger partial charge is 0.259 e. The standard InChI is InChI=1S/C16H11NO/c18-16-14-8-4-3-7-13(14)15-9-11-5-1-2-6-12(11)10-17(15)16/h1-9H,10H2. The molecule has 2 aromatic rings. The predicted octanol–water partition coefficient (Wildman–Crippen LogP) is 3.15. The van der Waals surface area contributed by atoms with Gasteiger partial charge in [-0.1, -0.05) is 42.5 Å². The maximum atomic E-state index is 12.3. The van der Waals surface area contributed by atoms with Gasteiger partial charge in [0.05, 0.1) is 12.2 Å². The second-order valence-corrected chi connectivity index (χ2v) is 4.67. The van der Waals surface area contributed by atoms with Crippen molar-refractivity contribution in [3.05, 3.63) is 70.8 Å². The third kappa shape index (κ3) is 1.15. The molecule has 2 aliphatic rings. The van der Waals surface area contributed by atoms with Crippen molar-refractivity contribution in [2.24, 2.45) is 0 Å². The average Bonchev–Trinajstić information content (AvgIpc) is 2.71. The number of nitrogens with zero attached hydrogens (tertiary/aromatic N) is 1. The number of fused-ring (bicyclic) bond motifs is 4. The molecule has 18 heavy (non-hydrogen) atoms. The minimum Gasteiger partial charge on any atom is -0.303 e. The lowest BCUT2D eigenvalue weighted by Crippen LogP contribution is -2.25. The highest BCUT2D eigenvalue weighted by Crippen LogP contribution is 2.38. The zero-order valence-corrected chi connectivity index (χ0v) is 9.76. The van der Waals surface area contributed by atoms with Crippen LogP contribution in [-0.2, 0) is 6.54 Å². The monoisotopic (exact) mass is 233 g/mol. The van der Waals surface area contributed by atoms with Gasteiger partial charge in [-0.2, -0.15) is 0 Å². The number of amides is 1. The first-order valence-corrected chi connectivity index (χ1v) is 6.05. The van der Waals surface area contributed by atoms with E-state index in [9.17, 15) is 4.79 Å². The maximum Gasteiger partial charge on any atom is 0.259 e. The van der Waals surface area contributed by atoms with Gasteiger partial charge in [-0.15, -0.1) is 0 Å². The van der Waals surface area contributed by atoms with Crippen molar-refractivity contribution in [3.63, 3.8) is 0 Å². The molecule has 0 spiro atoms. The Labute approximate surface area is 105 Å². The van der Waals surface area contributed by atoms with Crippen LogP contribution in [0.5, 0.6) is 0 Å². The van der Waals surface area contributed by atoms with Crippen LogP contribution in [0, 0.1) is 0 Å². The first-order valence-electron chi connectivity index (χ1n) is 6.05. The van der Waals surface area contributed by atoms with Gasteiger partial charge in [0.1, 0.15) is 0 Å². The lowest BCUT2D eigenvalue weighted by atomic mass is 10.0. The highest BCUT2D eigenvalue weighted by molar-refractivity contribution is 6.12. The summed E-state index contributed by atoms with van der Waals surface area (Å²) < 4.78 is 0. The number of carbonyl (C=O) groups excluding carboxylic acids is 1. The highest BCUT2D eigenvalue weighted by Gasteiger charge is 2.34. The lowest BCUT2D eigenvalue weighted by Gasteiger charge is -2.24. The van der Waals surface area contributed by atoms with Gasteiger partial charge in [-0.3, -0.25) is 4.79 Å². The largest absolute Gasteiger partial charge is 0.303 e. The van der Waals surface area contributed by atoms with Crippen molar-refractivity contribution in [1.82, 2.24) is 4.90 Å². The molecule has 0 atom stereocenters. The van der Waals surface area contributed by atoms with Crippen LogP contribution in [0.4, 0.5) is 0 Å². The molecule has 0 saturated heterocycles. The molecule has 2 heterocycles. The Morgan fingerprint density at radius 1 is 0.889 bits per heavy atom. The fourth-order valence-electron chi connectivity index (χ4n) is 2.74. The number of rotatable bonds is 0. The van der Waals surface area contributed by atoms with Gasteiger partial charge in [0.2, 0.25) is 0 Å². The van der Waals surface area contributed by atoms with Crippen molar-refractivity contribution < 1.29 is 4.79 Å². The second kappa shape index (κ2) is 3.33. The third-order valence-electron chi connectivity index (χ3n) is 3.65. The van der Waals surface area contributed by atoms with E-state index in [1.165, 1.54) is 11.1 Å². The van der Waals surface area contributed by atoms with Gasteiger partial charge in [0.25, 0.3) is 5.91 Å². The molecule has 0 bridgehead atoms. The van der Waals surface area contributed by atoms with Gasteiger partial charge in [0, 0.05) is 11.1 Å². The molecule has 0 saturated carbocycles. The molecular weight excluding hydrogens is 222 g/mol. The van der Waals surface area contributed by atoms with Gasteiger partial charge in [0.15, 0.2) is 0 Å². The first kappa shape index (κ1) is 9.66. The van der Waals surface area contributed by atoms with E-state index in [2.05, 4.69) is 18.2 Å². The summed E-state index contributed by atoms with van der Waals surface area (Å²) >= 11 is 0. The number of hydrogen-bond donors (Lipinski definition) is 0. The molecule has 2 aliphatic heterocycles. The molecule has 0 N–H and O–H groups in total. The van der Waals surface area contributed by atoms with E-state index in [-0.39, 0.29) is 5.91 Å². The van der Waals surface area contributed by atoms with E-state index in [1.54, 1.807) is 0 Å². The molecule has 2 aromatic carbocycles. The van der Waals surface area contributed by atoms with Gasteiger partial charge < -0.3 is 4.90 Å². The Morgan fingerprint density at radius 3 is 2.50 bits per heavy atom. The molecule has 4 rings (SSSR count). The van der Waals surface area contributed by atoms with E-state index in [4.69, 9.17) is 0 Å². The minimum absolute atomic E-state index is 0.117. The zero-order chi connectivity index (χ0) is 12.1. The summed E-state index contributed by atoms with van der Waals surface area (Å²) in [5.41, 5.74) is 5.33. The van der Waals surface area contributed by atoms with E-state index in [0.29, 0.717) is 6.54 Å². The Bertz CT molecular complexity index is 700. The van der Waals surface area contributed by atoms with Crippen LogP contribution in [0.25, 0.3) is 11.8 Å². The second-order valence-electron chi connectivity index (χ2n) is 4.67. The number of hydrogen-bond acceptors (Lipinski definition) is 1. The fraction of sp³-hybridized carbons (Fsp3) is 0.0625. The Kier molecular flexibility index (Phi) is 1.78. The van der Waals surface area contributed by atoms with Crippen LogP contribution >= 0.6 is 0 Å². The summed E-state index contributed by atoms with van der Waals surface area (Å²) in [6.07, 6.45) is 2.11. The van der Waals surface area contributed by atoms with Gasteiger partial charge >= 0.3 is 0 Å². The van der Waals surface area contributed by atoms with Crippen LogP contribution in [0.1, 0.15) is 27.0 Å². The predicted molar refractivity (Wildman–Crippen MR) is 70.6 cm³/mol. The van der Waals surface area contributed by atoms with Crippen molar-refractivity contribution in [2.75, 3.05) is 0 Å². The van der Waals surface area contributed by atoms with Crippen LogP contribution in [0.3, 0.4) is 0 Å². The highest BCUT2D eigenvalue weighted by atomic mass is 16.2. The molecule has 1 amide bonds. The van der Waals surface area contributed by atoms with Gasteiger partial charge in [-0.25, -0.2) is 0 Å². The minimum atomic E-state index is 0.117. The van der Waals surface area contributed by atoms with E-state index < -0.39 is 0 Å². The third-order valence-corrected chi connectivity index (χ3v) is 3.65. The fourth-order valence-corrected chi connectivity index (χ4v) is 2.74. The number of benzene rings is 2. The first-order chi connectivity index (χ1) is 8.84. The topological polar surface area (TPSA) is 20.3 Å². The molecule has 0 aromatic heterocycles. The summed E-state index contributed by atoms with van der Waals surface area (Å²) in [5.74, 6) is 0.117. The van der Waals surface area contributed by atoms with E-state index in [1.807, 2.05) is 41.3 Å². The molecule has 0 aliphatic carbocycles. The summed E-state index contributed by atoms with van der Waals surface area (Å²) in [7, 11) is 0. The summed E-state index contributed by atoms with van der Waals surface area (Å²) in [5, 5.41) is 0. The molecule has 0 unspecified atom stereocenters. The molecule has 0 radical (unpaired) electrons. The van der Waals surface area contributed by atoms with Crippen molar-refractivity contribution in [2.45, 2.75) is 6.54 Å². The molecule has 86 valence electrons. The zero-order valence-electron chi connectivity index (χ0n) is 9.76. The SMILES string of the molecule is O=C1c2ccccc2C2=Cc3ccccc3CN12. The lowest BCUT2D eigenvalue weighted by molar-refractivity contribution is 0.0842. The van der Waals surface area contributed by atoms with Crippen molar-refractivity contribution in [1.29, 1.82) is 0 Å². The Balaban J connectivity index is 1.97. The molecule has 0 fully saturated rings. The average molecular weight is 233 g/mol. The number of carbonyl (C=O) groups is 1. The molecular formula is C16H11NO. The molecule has 2 nitrogen and oxygen atoms in total. The van der Waals surface area contributed by atoms with Crippen LogP contribution < -0.4 is 0 Å². The van der Waals surface area contributed by atoms with Gasteiger partial charge in [-0.05, 0) is 23.3 Å². The Morgan fingerprint density at radius 2 is 1.61 bits per heavy atom. The quantitative estimate of drug-likeness (QED) is 0.684. The Hall–Kier alpha value is -2.35. The maximum absolute atomic E-state index is 12.3. The van der Waals surface area contributed by atoms with Crippen LogP contribution in [0.15, 0.2) is 48.5 Å². The summed E-state index contributed by atoms with van der Waals surface area (Å²) in [4.78, 5) is 14.2. The van der Waals surface area contributed by atoms with E-state index in [0.717, 1.165) is 16.8 Å². The van der Waals surface area contributed by atoms with Crippen molar-refractivity contribution in [3.8, 4) is 0 Å². The summed E-state index contributed by atoms with van der Waals surface area (Å²) in [6.45, 7) is 0.676. The van der Waals surface area contributed by atoms with Crippen LogP contribution in [-0.4, -0.2) is 10.8 Å². The molecule has 2 heteroatoms. The normalized spacial score (nSPS) is 15.9.